The zero-order valence-corrected chi connectivity index (χ0v) is 10.9. The van der Waals surface area contributed by atoms with Crippen LogP contribution in [0.5, 0.6) is 0 Å². The standard InChI is InChI=1S/C14H23N3/c1-3-15-14(12-8-9-16-17(12)2)13-10-6-4-5-7-11(10)13/h8-11,13-15H,3-7H2,1-2H3. The number of nitrogens with zero attached hydrogens (tertiary/aromatic N) is 2. The monoisotopic (exact) mass is 233 g/mol. The van der Waals surface area contributed by atoms with E-state index in [0.29, 0.717) is 6.04 Å². The zero-order valence-electron chi connectivity index (χ0n) is 10.9. The highest BCUT2D eigenvalue weighted by atomic mass is 15.3. The Morgan fingerprint density at radius 3 is 2.65 bits per heavy atom. The van der Waals surface area contributed by atoms with Gasteiger partial charge >= 0.3 is 0 Å². The van der Waals surface area contributed by atoms with Crippen molar-refractivity contribution in [3.63, 3.8) is 0 Å². The van der Waals surface area contributed by atoms with E-state index in [1.165, 1.54) is 31.4 Å². The second-order valence-corrected chi connectivity index (χ2v) is 5.60. The van der Waals surface area contributed by atoms with Crippen molar-refractivity contribution < 1.29 is 0 Å². The third-order valence-corrected chi connectivity index (χ3v) is 4.71. The van der Waals surface area contributed by atoms with Gasteiger partial charge in [0, 0.05) is 13.2 Å². The molecule has 0 amide bonds. The number of aromatic nitrogens is 2. The molecule has 2 aliphatic carbocycles. The number of fused-ring (bicyclic) bond motifs is 1. The Morgan fingerprint density at radius 2 is 2.12 bits per heavy atom. The molecule has 0 aliphatic heterocycles. The molecule has 0 bridgehead atoms. The summed E-state index contributed by atoms with van der Waals surface area (Å²) in [5, 5.41) is 8.01. The van der Waals surface area contributed by atoms with E-state index >= 15 is 0 Å². The predicted molar refractivity (Wildman–Crippen MR) is 68.6 cm³/mol. The van der Waals surface area contributed by atoms with Crippen molar-refractivity contribution in [1.82, 2.24) is 15.1 Å². The number of nitrogens with one attached hydrogen (secondary N) is 1. The van der Waals surface area contributed by atoms with Gasteiger partial charge in [-0.15, -0.1) is 0 Å². The number of hydrogen-bond donors (Lipinski definition) is 1. The zero-order chi connectivity index (χ0) is 11.8. The fourth-order valence-electron chi connectivity index (χ4n) is 3.89. The minimum absolute atomic E-state index is 0.528. The third-order valence-electron chi connectivity index (χ3n) is 4.71. The van der Waals surface area contributed by atoms with Crippen LogP contribution in [0.4, 0.5) is 0 Å². The van der Waals surface area contributed by atoms with Crippen LogP contribution in [-0.2, 0) is 7.05 Å². The van der Waals surface area contributed by atoms with Crippen molar-refractivity contribution in [3.8, 4) is 0 Å². The van der Waals surface area contributed by atoms with Crippen LogP contribution in [-0.4, -0.2) is 16.3 Å². The van der Waals surface area contributed by atoms with Crippen molar-refractivity contribution in [2.24, 2.45) is 24.8 Å². The topological polar surface area (TPSA) is 29.9 Å². The van der Waals surface area contributed by atoms with E-state index in [9.17, 15) is 0 Å². The lowest BCUT2D eigenvalue weighted by molar-refractivity contribution is 0.429. The van der Waals surface area contributed by atoms with E-state index in [2.05, 4.69) is 30.5 Å². The molecule has 2 aliphatic rings. The number of rotatable bonds is 4. The first-order valence-electron chi connectivity index (χ1n) is 7.04. The Morgan fingerprint density at radius 1 is 1.41 bits per heavy atom. The highest BCUT2D eigenvalue weighted by molar-refractivity contribution is 5.16. The van der Waals surface area contributed by atoms with Gasteiger partial charge in [-0.2, -0.15) is 5.10 Å². The average molecular weight is 233 g/mol. The smallest absolute Gasteiger partial charge is 0.0553 e. The summed E-state index contributed by atoms with van der Waals surface area (Å²) in [5.41, 5.74) is 1.37. The van der Waals surface area contributed by atoms with Crippen molar-refractivity contribution in [2.75, 3.05) is 6.54 Å². The summed E-state index contributed by atoms with van der Waals surface area (Å²) < 4.78 is 2.04. The molecule has 3 heteroatoms. The number of aryl methyl sites for hydroxylation is 1. The van der Waals surface area contributed by atoms with Crippen molar-refractivity contribution in [1.29, 1.82) is 0 Å². The summed E-state index contributed by atoms with van der Waals surface area (Å²) in [7, 11) is 2.06. The van der Waals surface area contributed by atoms with Gasteiger partial charge in [-0.25, -0.2) is 0 Å². The fourth-order valence-corrected chi connectivity index (χ4v) is 3.89. The molecule has 94 valence electrons. The Labute approximate surface area is 104 Å². The molecule has 1 aromatic heterocycles. The Kier molecular flexibility index (Phi) is 2.95. The minimum atomic E-state index is 0.528. The van der Waals surface area contributed by atoms with E-state index in [4.69, 9.17) is 0 Å². The molecule has 0 saturated heterocycles. The summed E-state index contributed by atoms with van der Waals surface area (Å²) in [6, 6.07) is 2.71. The van der Waals surface area contributed by atoms with Gasteiger partial charge in [-0.3, -0.25) is 4.68 Å². The summed E-state index contributed by atoms with van der Waals surface area (Å²) in [6.07, 6.45) is 7.72. The lowest BCUT2D eigenvalue weighted by Gasteiger charge is -2.18. The van der Waals surface area contributed by atoms with Gasteiger partial charge in [-0.05, 0) is 43.2 Å². The van der Waals surface area contributed by atoms with E-state index < -0.39 is 0 Å². The SMILES string of the molecule is CCNC(c1ccnn1C)C1C2CCCCC21. The summed E-state index contributed by atoms with van der Waals surface area (Å²) in [6.45, 7) is 3.25. The van der Waals surface area contributed by atoms with Crippen molar-refractivity contribution >= 4 is 0 Å². The average Bonchev–Trinajstić information content (AvgIpc) is 2.91. The Bertz CT molecular complexity index is 373. The van der Waals surface area contributed by atoms with Crippen LogP contribution in [0.3, 0.4) is 0 Å². The molecule has 1 aromatic rings. The van der Waals surface area contributed by atoms with Gasteiger partial charge < -0.3 is 5.32 Å². The normalized spacial score (nSPS) is 33.2. The second-order valence-electron chi connectivity index (χ2n) is 5.60. The largest absolute Gasteiger partial charge is 0.309 e. The molecule has 1 N–H and O–H groups in total. The number of hydrogen-bond acceptors (Lipinski definition) is 2. The molecule has 2 saturated carbocycles. The second kappa shape index (κ2) is 4.45. The lowest BCUT2D eigenvalue weighted by Crippen LogP contribution is -2.26. The van der Waals surface area contributed by atoms with Crippen LogP contribution >= 0.6 is 0 Å². The third kappa shape index (κ3) is 1.90. The summed E-state index contributed by atoms with van der Waals surface area (Å²) in [5.74, 6) is 2.85. The van der Waals surface area contributed by atoms with Crippen LogP contribution in [0.2, 0.25) is 0 Å². The van der Waals surface area contributed by atoms with Gasteiger partial charge in [0.1, 0.15) is 0 Å². The van der Waals surface area contributed by atoms with Crippen molar-refractivity contribution in [2.45, 2.75) is 38.6 Å². The maximum atomic E-state index is 4.32. The van der Waals surface area contributed by atoms with Gasteiger partial charge in [0.2, 0.25) is 0 Å². The highest BCUT2D eigenvalue weighted by Crippen LogP contribution is 2.60. The first-order chi connectivity index (χ1) is 8.33. The van der Waals surface area contributed by atoms with Crippen LogP contribution in [0.25, 0.3) is 0 Å². The van der Waals surface area contributed by atoms with Crippen LogP contribution < -0.4 is 5.32 Å². The maximum Gasteiger partial charge on any atom is 0.0553 e. The van der Waals surface area contributed by atoms with E-state index in [1.54, 1.807) is 0 Å². The molecule has 0 radical (unpaired) electrons. The van der Waals surface area contributed by atoms with Gasteiger partial charge in [0.25, 0.3) is 0 Å². The molecule has 3 nitrogen and oxygen atoms in total. The summed E-state index contributed by atoms with van der Waals surface area (Å²) in [4.78, 5) is 0. The molecule has 3 rings (SSSR count). The first-order valence-corrected chi connectivity index (χ1v) is 7.04. The van der Waals surface area contributed by atoms with Crippen LogP contribution in [0.15, 0.2) is 12.3 Å². The molecule has 1 heterocycles. The molecule has 17 heavy (non-hydrogen) atoms. The van der Waals surface area contributed by atoms with Crippen molar-refractivity contribution in [3.05, 3.63) is 18.0 Å². The molecule has 0 spiro atoms. The summed E-state index contributed by atoms with van der Waals surface area (Å²) >= 11 is 0. The van der Waals surface area contributed by atoms with Gasteiger partial charge in [0.05, 0.1) is 11.7 Å². The quantitative estimate of drug-likeness (QED) is 0.866. The van der Waals surface area contributed by atoms with Gasteiger partial charge in [-0.1, -0.05) is 19.8 Å². The van der Waals surface area contributed by atoms with E-state index in [0.717, 1.165) is 24.3 Å². The predicted octanol–water partition coefficient (Wildman–Crippen LogP) is 2.51. The fraction of sp³-hybridized carbons (Fsp3) is 0.786. The van der Waals surface area contributed by atoms with Crippen LogP contribution in [0.1, 0.15) is 44.3 Å². The molecule has 0 aromatic carbocycles. The van der Waals surface area contributed by atoms with E-state index in [-0.39, 0.29) is 0 Å². The molecular weight excluding hydrogens is 210 g/mol. The molecule has 3 atom stereocenters. The molecule has 3 unspecified atom stereocenters. The Balaban J connectivity index is 1.79. The molecular formula is C14H23N3. The lowest BCUT2D eigenvalue weighted by atomic mass is 10.0. The maximum absolute atomic E-state index is 4.32. The molecule has 2 fully saturated rings. The Hall–Kier alpha value is -0.830. The van der Waals surface area contributed by atoms with Crippen LogP contribution in [0, 0.1) is 17.8 Å². The van der Waals surface area contributed by atoms with Gasteiger partial charge in [0.15, 0.2) is 0 Å². The highest BCUT2D eigenvalue weighted by Gasteiger charge is 2.54. The van der Waals surface area contributed by atoms with E-state index in [1.807, 2.05) is 10.9 Å². The first kappa shape index (κ1) is 11.3. The minimum Gasteiger partial charge on any atom is -0.309 e.